The lowest BCUT2D eigenvalue weighted by Gasteiger charge is -2.07. The molecule has 0 unspecified atom stereocenters. The van der Waals surface area contributed by atoms with E-state index in [2.05, 4.69) is 17.1 Å². The standard InChI is InChI=1S/C15H21N3O3/c1-4-5-6-11(16)15-17-14(18-21-15)10-7-8-12(19-2)13(9-10)20-3/h7-9,11H,4-6,16H2,1-3H3/t11-/m0/s1. The Balaban J connectivity index is 2.21. The molecule has 0 aliphatic heterocycles. The van der Waals surface area contributed by atoms with E-state index in [0.29, 0.717) is 23.2 Å². The van der Waals surface area contributed by atoms with Crippen LogP contribution in [0, 0.1) is 0 Å². The molecular formula is C15H21N3O3. The number of aromatic nitrogens is 2. The Bertz CT molecular complexity index is 583. The fourth-order valence-electron chi connectivity index (χ4n) is 2.03. The number of rotatable bonds is 7. The Morgan fingerprint density at radius 2 is 2.00 bits per heavy atom. The van der Waals surface area contributed by atoms with Gasteiger partial charge in [0.15, 0.2) is 11.5 Å². The van der Waals surface area contributed by atoms with Gasteiger partial charge in [-0.3, -0.25) is 0 Å². The highest BCUT2D eigenvalue weighted by Crippen LogP contribution is 2.31. The van der Waals surface area contributed by atoms with Gasteiger partial charge in [0.25, 0.3) is 0 Å². The largest absolute Gasteiger partial charge is 0.493 e. The summed E-state index contributed by atoms with van der Waals surface area (Å²) < 4.78 is 15.7. The van der Waals surface area contributed by atoms with Crippen LogP contribution in [0.2, 0.25) is 0 Å². The van der Waals surface area contributed by atoms with Gasteiger partial charge in [0.2, 0.25) is 11.7 Å². The number of hydrogen-bond donors (Lipinski definition) is 1. The minimum Gasteiger partial charge on any atom is -0.493 e. The van der Waals surface area contributed by atoms with Crippen molar-refractivity contribution in [2.24, 2.45) is 5.73 Å². The van der Waals surface area contributed by atoms with Gasteiger partial charge in [-0.15, -0.1) is 0 Å². The first-order valence-electron chi connectivity index (χ1n) is 7.01. The van der Waals surface area contributed by atoms with Gasteiger partial charge < -0.3 is 19.7 Å². The van der Waals surface area contributed by atoms with Gasteiger partial charge in [-0.1, -0.05) is 24.9 Å². The Labute approximate surface area is 124 Å². The summed E-state index contributed by atoms with van der Waals surface area (Å²) in [5, 5.41) is 3.98. The molecule has 0 spiro atoms. The molecule has 0 saturated heterocycles. The highest BCUT2D eigenvalue weighted by atomic mass is 16.5. The van der Waals surface area contributed by atoms with E-state index in [1.165, 1.54) is 0 Å². The summed E-state index contributed by atoms with van der Waals surface area (Å²) in [6.45, 7) is 2.12. The molecule has 6 nitrogen and oxygen atoms in total. The average molecular weight is 291 g/mol. The number of nitrogens with two attached hydrogens (primary N) is 1. The highest BCUT2D eigenvalue weighted by molar-refractivity contribution is 5.60. The van der Waals surface area contributed by atoms with Crippen molar-refractivity contribution in [1.29, 1.82) is 0 Å². The predicted octanol–water partition coefficient (Wildman–Crippen LogP) is 2.94. The summed E-state index contributed by atoms with van der Waals surface area (Å²) in [5.41, 5.74) is 6.83. The van der Waals surface area contributed by atoms with Crippen molar-refractivity contribution in [3.05, 3.63) is 24.1 Å². The van der Waals surface area contributed by atoms with Crippen LogP contribution < -0.4 is 15.2 Å². The minimum absolute atomic E-state index is 0.216. The number of methoxy groups -OCH3 is 2. The second-order valence-electron chi connectivity index (χ2n) is 4.77. The summed E-state index contributed by atoms with van der Waals surface area (Å²) in [6.07, 6.45) is 2.96. The van der Waals surface area contributed by atoms with Crippen molar-refractivity contribution in [3.8, 4) is 22.9 Å². The second kappa shape index (κ2) is 7.08. The van der Waals surface area contributed by atoms with E-state index in [1.807, 2.05) is 12.1 Å². The third-order valence-electron chi connectivity index (χ3n) is 3.27. The molecule has 1 aromatic heterocycles. The molecule has 1 aromatic carbocycles. The van der Waals surface area contributed by atoms with Crippen LogP contribution in [0.15, 0.2) is 22.7 Å². The van der Waals surface area contributed by atoms with Crippen LogP contribution in [-0.2, 0) is 0 Å². The Kier molecular flexibility index (Phi) is 5.16. The Hall–Kier alpha value is -2.08. The molecule has 2 N–H and O–H groups in total. The third-order valence-corrected chi connectivity index (χ3v) is 3.27. The second-order valence-corrected chi connectivity index (χ2v) is 4.77. The number of benzene rings is 1. The van der Waals surface area contributed by atoms with Gasteiger partial charge in [-0.2, -0.15) is 4.98 Å². The van der Waals surface area contributed by atoms with E-state index < -0.39 is 0 Å². The lowest BCUT2D eigenvalue weighted by Crippen LogP contribution is -2.10. The summed E-state index contributed by atoms with van der Waals surface area (Å²) in [5.74, 6) is 2.24. The van der Waals surface area contributed by atoms with E-state index in [1.54, 1.807) is 20.3 Å². The molecule has 0 aliphatic carbocycles. The summed E-state index contributed by atoms with van der Waals surface area (Å²) in [4.78, 5) is 4.37. The van der Waals surface area contributed by atoms with Gasteiger partial charge in [0, 0.05) is 5.56 Å². The van der Waals surface area contributed by atoms with Crippen LogP contribution in [0.4, 0.5) is 0 Å². The summed E-state index contributed by atoms with van der Waals surface area (Å²) in [6, 6.07) is 5.26. The normalized spacial score (nSPS) is 12.2. The molecule has 1 atom stereocenters. The highest BCUT2D eigenvalue weighted by Gasteiger charge is 2.16. The van der Waals surface area contributed by atoms with Crippen molar-refractivity contribution >= 4 is 0 Å². The van der Waals surface area contributed by atoms with Gasteiger partial charge in [0.05, 0.1) is 20.3 Å². The van der Waals surface area contributed by atoms with E-state index in [4.69, 9.17) is 19.7 Å². The number of unbranched alkanes of at least 4 members (excludes halogenated alkanes) is 1. The lowest BCUT2D eigenvalue weighted by molar-refractivity contribution is 0.346. The maximum Gasteiger partial charge on any atom is 0.243 e. The summed E-state index contributed by atoms with van der Waals surface area (Å²) in [7, 11) is 3.18. The van der Waals surface area contributed by atoms with Crippen molar-refractivity contribution in [3.63, 3.8) is 0 Å². The maximum absolute atomic E-state index is 6.03. The molecule has 0 fully saturated rings. The number of hydrogen-bond acceptors (Lipinski definition) is 6. The number of ether oxygens (including phenoxy) is 2. The zero-order valence-corrected chi connectivity index (χ0v) is 12.6. The topological polar surface area (TPSA) is 83.4 Å². The molecule has 0 saturated carbocycles. The smallest absolute Gasteiger partial charge is 0.243 e. The van der Waals surface area contributed by atoms with Crippen molar-refractivity contribution < 1.29 is 14.0 Å². The van der Waals surface area contributed by atoms with Crippen molar-refractivity contribution in [2.75, 3.05) is 14.2 Å². The zero-order chi connectivity index (χ0) is 15.2. The molecular weight excluding hydrogens is 270 g/mol. The molecule has 6 heteroatoms. The van der Waals surface area contributed by atoms with Gasteiger partial charge >= 0.3 is 0 Å². The first-order chi connectivity index (χ1) is 10.2. The fraction of sp³-hybridized carbons (Fsp3) is 0.467. The molecule has 0 bridgehead atoms. The third kappa shape index (κ3) is 3.52. The predicted molar refractivity (Wildman–Crippen MR) is 79.3 cm³/mol. The molecule has 1 heterocycles. The van der Waals surface area contributed by atoms with E-state index in [0.717, 1.165) is 24.8 Å². The molecule has 0 radical (unpaired) electrons. The Morgan fingerprint density at radius 3 is 2.67 bits per heavy atom. The molecule has 21 heavy (non-hydrogen) atoms. The van der Waals surface area contributed by atoms with Crippen molar-refractivity contribution in [2.45, 2.75) is 32.2 Å². The first kappa shape index (κ1) is 15.3. The number of nitrogens with zero attached hydrogens (tertiary/aromatic N) is 2. The lowest BCUT2D eigenvalue weighted by atomic mass is 10.1. The van der Waals surface area contributed by atoms with Crippen LogP contribution >= 0.6 is 0 Å². The quantitative estimate of drug-likeness (QED) is 0.844. The van der Waals surface area contributed by atoms with Crippen molar-refractivity contribution in [1.82, 2.24) is 10.1 Å². The molecule has 2 aromatic rings. The molecule has 114 valence electrons. The van der Waals surface area contributed by atoms with Crippen LogP contribution in [-0.4, -0.2) is 24.4 Å². The van der Waals surface area contributed by atoms with Gasteiger partial charge in [0.1, 0.15) is 0 Å². The van der Waals surface area contributed by atoms with E-state index in [9.17, 15) is 0 Å². The van der Waals surface area contributed by atoms with E-state index >= 15 is 0 Å². The minimum atomic E-state index is -0.216. The monoisotopic (exact) mass is 291 g/mol. The maximum atomic E-state index is 6.03. The first-order valence-corrected chi connectivity index (χ1v) is 7.01. The van der Waals surface area contributed by atoms with Crippen LogP contribution in [0.3, 0.4) is 0 Å². The SMILES string of the molecule is CCCC[C@H](N)c1nc(-c2ccc(OC)c(OC)c2)no1. The fourth-order valence-corrected chi connectivity index (χ4v) is 2.03. The molecule has 0 amide bonds. The summed E-state index contributed by atoms with van der Waals surface area (Å²) >= 11 is 0. The zero-order valence-electron chi connectivity index (χ0n) is 12.6. The van der Waals surface area contributed by atoms with Crippen LogP contribution in [0.25, 0.3) is 11.4 Å². The van der Waals surface area contributed by atoms with Gasteiger partial charge in [-0.25, -0.2) is 0 Å². The molecule has 0 aliphatic rings. The average Bonchev–Trinajstić information content (AvgIpc) is 3.01. The van der Waals surface area contributed by atoms with Crippen LogP contribution in [0.5, 0.6) is 11.5 Å². The molecule has 2 rings (SSSR count). The van der Waals surface area contributed by atoms with Crippen LogP contribution in [0.1, 0.15) is 38.1 Å². The van der Waals surface area contributed by atoms with Gasteiger partial charge in [-0.05, 0) is 24.6 Å². The van der Waals surface area contributed by atoms with E-state index in [-0.39, 0.29) is 6.04 Å². The Morgan fingerprint density at radius 1 is 1.24 bits per heavy atom.